The Kier molecular flexibility index (Phi) is 4.12. The molecule has 0 unspecified atom stereocenters. The minimum absolute atomic E-state index is 0.0436. The molecule has 7 heteroatoms. The number of nitrogens with zero attached hydrogens (tertiary/aromatic N) is 3. The Morgan fingerprint density at radius 3 is 2.44 bits per heavy atom. The molecule has 0 aliphatic carbocycles. The number of nitro groups is 1. The minimum Gasteiger partial charge on any atom is -0.394 e. The van der Waals surface area contributed by atoms with Crippen LogP contribution in [-0.4, -0.2) is 32.6 Å². The fourth-order valence-corrected chi connectivity index (χ4v) is 1.08. The molecule has 7 nitrogen and oxygen atoms in total. The van der Waals surface area contributed by atoms with Crippen LogP contribution in [0.15, 0.2) is 12.4 Å². The lowest BCUT2D eigenvalue weighted by Gasteiger charge is -2.19. The van der Waals surface area contributed by atoms with E-state index in [1.165, 1.54) is 0 Å². The first-order valence-corrected chi connectivity index (χ1v) is 4.88. The van der Waals surface area contributed by atoms with E-state index in [-0.39, 0.29) is 30.2 Å². The van der Waals surface area contributed by atoms with E-state index in [4.69, 9.17) is 5.11 Å². The van der Waals surface area contributed by atoms with Crippen molar-refractivity contribution in [3.05, 3.63) is 22.5 Å². The number of hydrogen-bond acceptors (Lipinski definition) is 6. The van der Waals surface area contributed by atoms with Crippen LogP contribution in [-0.2, 0) is 0 Å². The van der Waals surface area contributed by atoms with Gasteiger partial charge in [-0.05, 0) is 5.92 Å². The fraction of sp³-hybridized carbons (Fsp3) is 0.556. The summed E-state index contributed by atoms with van der Waals surface area (Å²) in [4.78, 5) is 17.4. The number of anilines is 1. The van der Waals surface area contributed by atoms with Crippen LogP contribution in [0.5, 0.6) is 0 Å². The van der Waals surface area contributed by atoms with Gasteiger partial charge in [-0.15, -0.1) is 0 Å². The van der Waals surface area contributed by atoms with Crippen molar-refractivity contribution >= 4 is 11.6 Å². The van der Waals surface area contributed by atoms with Gasteiger partial charge < -0.3 is 10.4 Å². The Morgan fingerprint density at radius 1 is 1.50 bits per heavy atom. The topological polar surface area (TPSA) is 101 Å². The average molecular weight is 226 g/mol. The van der Waals surface area contributed by atoms with Crippen molar-refractivity contribution in [2.45, 2.75) is 19.9 Å². The maximum Gasteiger partial charge on any atom is 0.305 e. The maximum absolute atomic E-state index is 10.4. The molecule has 1 atom stereocenters. The Labute approximate surface area is 92.7 Å². The summed E-state index contributed by atoms with van der Waals surface area (Å²) in [5, 5.41) is 22.3. The Balaban J connectivity index is 2.71. The number of nitrogens with one attached hydrogen (secondary N) is 1. The number of hydrogen-bond donors (Lipinski definition) is 2. The molecule has 0 radical (unpaired) electrons. The van der Waals surface area contributed by atoms with Crippen molar-refractivity contribution in [2.75, 3.05) is 11.9 Å². The van der Waals surface area contributed by atoms with E-state index in [1.54, 1.807) is 0 Å². The lowest BCUT2D eigenvalue weighted by atomic mass is 10.1. The van der Waals surface area contributed by atoms with Crippen LogP contribution < -0.4 is 5.32 Å². The molecule has 1 rings (SSSR count). The summed E-state index contributed by atoms with van der Waals surface area (Å²) in [6.45, 7) is 3.84. The van der Waals surface area contributed by atoms with Crippen LogP contribution >= 0.6 is 0 Å². The van der Waals surface area contributed by atoms with Gasteiger partial charge in [0.1, 0.15) is 12.4 Å². The zero-order valence-electron chi connectivity index (χ0n) is 9.12. The summed E-state index contributed by atoms with van der Waals surface area (Å²) in [6.07, 6.45) is 2.26. The van der Waals surface area contributed by atoms with E-state index < -0.39 is 4.92 Å². The van der Waals surface area contributed by atoms with Gasteiger partial charge >= 0.3 is 5.69 Å². The summed E-state index contributed by atoms with van der Waals surface area (Å²) in [5.41, 5.74) is -0.157. The van der Waals surface area contributed by atoms with Gasteiger partial charge in [0.2, 0.25) is 5.95 Å². The van der Waals surface area contributed by atoms with E-state index in [9.17, 15) is 10.1 Å². The van der Waals surface area contributed by atoms with Crippen LogP contribution in [0.3, 0.4) is 0 Å². The number of aliphatic hydroxyl groups excluding tert-OH is 1. The predicted molar refractivity (Wildman–Crippen MR) is 58.0 cm³/mol. The first-order valence-electron chi connectivity index (χ1n) is 4.88. The predicted octanol–water partition coefficient (Wildman–Crippen LogP) is 0.814. The molecule has 2 N–H and O–H groups in total. The maximum atomic E-state index is 10.4. The Hall–Kier alpha value is -1.76. The summed E-state index contributed by atoms with van der Waals surface area (Å²) >= 11 is 0. The average Bonchev–Trinajstić information content (AvgIpc) is 2.26. The summed E-state index contributed by atoms with van der Waals surface area (Å²) in [7, 11) is 0. The normalized spacial score (nSPS) is 12.5. The molecule has 88 valence electrons. The highest BCUT2D eigenvalue weighted by Crippen LogP contribution is 2.11. The van der Waals surface area contributed by atoms with E-state index in [0.717, 1.165) is 12.4 Å². The highest BCUT2D eigenvalue weighted by atomic mass is 16.6. The van der Waals surface area contributed by atoms with Gasteiger partial charge in [-0.25, -0.2) is 9.97 Å². The second-order valence-corrected chi connectivity index (χ2v) is 3.70. The lowest BCUT2D eigenvalue weighted by Crippen LogP contribution is -2.30. The quantitative estimate of drug-likeness (QED) is 0.569. The molecule has 0 aliphatic rings. The van der Waals surface area contributed by atoms with Crippen molar-refractivity contribution in [3.63, 3.8) is 0 Å². The van der Waals surface area contributed by atoms with E-state index in [1.807, 2.05) is 13.8 Å². The summed E-state index contributed by atoms with van der Waals surface area (Å²) in [6, 6.07) is -0.165. The molecule has 0 aromatic carbocycles. The third-order valence-electron chi connectivity index (χ3n) is 2.16. The molecule has 0 saturated heterocycles. The van der Waals surface area contributed by atoms with Crippen molar-refractivity contribution in [1.82, 2.24) is 9.97 Å². The van der Waals surface area contributed by atoms with Crippen LogP contribution in [0.2, 0.25) is 0 Å². The van der Waals surface area contributed by atoms with Gasteiger partial charge in [-0.3, -0.25) is 10.1 Å². The highest BCUT2D eigenvalue weighted by Gasteiger charge is 2.14. The molecule has 0 bridgehead atoms. The smallest absolute Gasteiger partial charge is 0.305 e. The van der Waals surface area contributed by atoms with Gasteiger partial charge in [0.15, 0.2) is 0 Å². The number of rotatable bonds is 5. The van der Waals surface area contributed by atoms with Gasteiger partial charge in [0.25, 0.3) is 0 Å². The van der Waals surface area contributed by atoms with Gasteiger partial charge in [-0.2, -0.15) is 0 Å². The zero-order chi connectivity index (χ0) is 12.1. The minimum atomic E-state index is -0.560. The van der Waals surface area contributed by atoms with Crippen molar-refractivity contribution < 1.29 is 10.0 Å². The van der Waals surface area contributed by atoms with E-state index in [0.29, 0.717) is 0 Å². The van der Waals surface area contributed by atoms with Crippen LogP contribution in [0, 0.1) is 16.0 Å². The van der Waals surface area contributed by atoms with Crippen LogP contribution in [0.25, 0.3) is 0 Å². The molecule has 0 spiro atoms. The number of aliphatic hydroxyl groups is 1. The fourth-order valence-electron chi connectivity index (χ4n) is 1.08. The molecule has 0 fully saturated rings. The molecule has 1 aromatic heterocycles. The molecule has 0 aliphatic heterocycles. The highest BCUT2D eigenvalue weighted by molar-refractivity contribution is 5.31. The van der Waals surface area contributed by atoms with E-state index in [2.05, 4.69) is 15.3 Å². The summed E-state index contributed by atoms with van der Waals surface area (Å²) < 4.78 is 0. The van der Waals surface area contributed by atoms with Crippen LogP contribution in [0.4, 0.5) is 11.6 Å². The van der Waals surface area contributed by atoms with Gasteiger partial charge in [0, 0.05) is 0 Å². The zero-order valence-corrected chi connectivity index (χ0v) is 9.12. The second kappa shape index (κ2) is 5.36. The standard InChI is InChI=1S/C9H14N4O3/c1-6(2)8(5-14)12-9-10-3-7(4-11-9)13(15)16/h3-4,6,8,14H,5H2,1-2H3,(H,10,11,12)/t8-/m1/s1. The monoisotopic (exact) mass is 226 g/mol. The molecule has 0 amide bonds. The molecule has 16 heavy (non-hydrogen) atoms. The molecular formula is C9H14N4O3. The van der Waals surface area contributed by atoms with Gasteiger partial charge in [0.05, 0.1) is 17.6 Å². The first kappa shape index (κ1) is 12.3. The van der Waals surface area contributed by atoms with Crippen molar-refractivity contribution in [1.29, 1.82) is 0 Å². The molecule has 0 saturated carbocycles. The molecule has 1 heterocycles. The Bertz CT molecular complexity index is 352. The Morgan fingerprint density at radius 2 is 2.06 bits per heavy atom. The number of aromatic nitrogens is 2. The van der Waals surface area contributed by atoms with Crippen molar-refractivity contribution in [2.24, 2.45) is 5.92 Å². The third kappa shape index (κ3) is 3.13. The van der Waals surface area contributed by atoms with E-state index >= 15 is 0 Å². The molecular weight excluding hydrogens is 212 g/mol. The third-order valence-corrected chi connectivity index (χ3v) is 2.16. The SMILES string of the molecule is CC(C)[C@@H](CO)Nc1ncc([N+](=O)[O-])cn1. The van der Waals surface area contributed by atoms with Crippen molar-refractivity contribution in [3.8, 4) is 0 Å². The lowest BCUT2D eigenvalue weighted by molar-refractivity contribution is -0.385. The first-order chi connectivity index (χ1) is 7.54. The molecule has 1 aromatic rings. The van der Waals surface area contributed by atoms with Gasteiger partial charge in [-0.1, -0.05) is 13.8 Å². The van der Waals surface area contributed by atoms with Crippen LogP contribution in [0.1, 0.15) is 13.8 Å². The summed E-state index contributed by atoms with van der Waals surface area (Å²) in [5.74, 6) is 0.488. The second-order valence-electron chi connectivity index (χ2n) is 3.70. The largest absolute Gasteiger partial charge is 0.394 e.